The molecule has 0 bridgehead atoms. The Balaban J connectivity index is 1.77. The van der Waals surface area contributed by atoms with Crippen molar-refractivity contribution in [1.82, 2.24) is 14.8 Å². The molecule has 30 heavy (non-hydrogen) atoms. The monoisotopic (exact) mass is 403 g/mol. The molecule has 1 aromatic carbocycles. The largest absolute Gasteiger partial charge is 0.452 e. The zero-order chi connectivity index (χ0) is 21.5. The molecule has 0 unspecified atom stereocenters. The first-order valence-corrected chi connectivity index (χ1v) is 9.41. The van der Waals surface area contributed by atoms with Gasteiger partial charge in [-0.25, -0.2) is 14.5 Å². The predicted octanol–water partition coefficient (Wildman–Crippen LogP) is 3.10. The number of ether oxygens (including phenoxy) is 1. The van der Waals surface area contributed by atoms with Crippen molar-refractivity contribution in [1.29, 1.82) is 5.26 Å². The van der Waals surface area contributed by atoms with E-state index >= 15 is 0 Å². The second-order valence-corrected chi connectivity index (χ2v) is 6.75. The first-order valence-electron chi connectivity index (χ1n) is 9.41. The molecule has 0 fully saturated rings. The number of carbonyl (C=O) groups is 2. The highest BCUT2D eigenvalue weighted by Gasteiger charge is 2.24. The first kappa shape index (κ1) is 20.7. The van der Waals surface area contributed by atoms with Gasteiger partial charge in [-0.1, -0.05) is 38.1 Å². The fourth-order valence-electron chi connectivity index (χ4n) is 3.02. The molecule has 0 aliphatic carbocycles. The summed E-state index contributed by atoms with van der Waals surface area (Å²) in [5.41, 5.74) is 1.48. The summed E-state index contributed by atoms with van der Waals surface area (Å²) >= 11 is 0. The van der Waals surface area contributed by atoms with Crippen LogP contribution in [0.25, 0.3) is 5.82 Å². The highest BCUT2D eigenvalue weighted by Crippen LogP contribution is 2.23. The van der Waals surface area contributed by atoms with Gasteiger partial charge >= 0.3 is 5.97 Å². The van der Waals surface area contributed by atoms with Gasteiger partial charge in [-0.15, -0.1) is 0 Å². The number of nitrogens with zero attached hydrogens (tertiary/aromatic N) is 5. The van der Waals surface area contributed by atoms with Crippen LogP contribution in [0.2, 0.25) is 0 Å². The number of hydrogen-bond acceptors (Lipinski definition) is 6. The molecule has 3 aromatic rings. The van der Waals surface area contributed by atoms with Gasteiger partial charge in [-0.05, 0) is 30.2 Å². The van der Waals surface area contributed by atoms with Crippen molar-refractivity contribution in [2.45, 2.75) is 19.8 Å². The summed E-state index contributed by atoms with van der Waals surface area (Å²) in [4.78, 5) is 30.8. The maximum Gasteiger partial charge on any atom is 0.342 e. The lowest BCUT2D eigenvalue weighted by Crippen LogP contribution is -2.35. The smallest absolute Gasteiger partial charge is 0.342 e. The number of rotatable bonds is 7. The van der Waals surface area contributed by atoms with Crippen LogP contribution in [0.3, 0.4) is 0 Å². The Labute approximate surface area is 174 Å². The average molecular weight is 403 g/mol. The number of aromatic nitrogens is 3. The minimum Gasteiger partial charge on any atom is -0.452 e. The molecule has 152 valence electrons. The molecule has 0 saturated carbocycles. The molecule has 0 aliphatic rings. The molecule has 3 rings (SSSR count). The Morgan fingerprint density at radius 2 is 1.90 bits per heavy atom. The molecule has 0 radical (unpaired) electrons. The summed E-state index contributed by atoms with van der Waals surface area (Å²) in [5, 5.41) is 13.3. The van der Waals surface area contributed by atoms with Gasteiger partial charge in [0.25, 0.3) is 5.91 Å². The van der Waals surface area contributed by atoms with E-state index in [0.29, 0.717) is 17.2 Å². The summed E-state index contributed by atoms with van der Waals surface area (Å²) in [7, 11) is 0. The van der Waals surface area contributed by atoms with Crippen LogP contribution < -0.4 is 4.90 Å². The zero-order valence-electron chi connectivity index (χ0n) is 16.7. The van der Waals surface area contributed by atoms with Crippen LogP contribution in [0.4, 0.5) is 5.69 Å². The van der Waals surface area contributed by atoms with Crippen LogP contribution in [0.5, 0.6) is 0 Å². The van der Waals surface area contributed by atoms with E-state index in [2.05, 4.69) is 10.1 Å². The minimum absolute atomic E-state index is 0.0350. The van der Waals surface area contributed by atoms with E-state index in [1.807, 2.05) is 32.0 Å². The lowest BCUT2D eigenvalue weighted by Gasteiger charge is -2.19. The Hall–Kier alpha value is -3.99. The lowest BCUT2D eigenvalue weighted by molar-refractivity contribution is -0.121. The van der Waals surface area contributed by atoms with E-state index in [1.165, 1.54) is 11.1 Å². The molecule has 0 N–H and O–H groups in total. The molecule has 8 nitrogen and oxygen atoms in total. The second-order valence-electron chi connectivity index (χ2n) is 6.75. The van der Waals surface area contributed by atoms with Crippen molar-refractivity contribution in [2.75, 3.05) is 18.1 Å². The fourth-order valence-corrected chi connectivity index (χ4v) is 3.02. The fraction of sp³-hybridized carbons (Fsp3) is 0.227. The van der Waals surface area contributed by atoms with E-state index in [-0.39, 0.29) is 18.0 Å². The molecular weight excluding hydrogens is 382 g/mol. The van der Waals surface area contributed by atoms with E-state index in [4.69, 9.17) is 10.00 Å². The van der Waals surface area contributed by atoms with Gasteiger partial charge in [0.1, 0.15) is 12.1 Å². The molecule has 0 spiro atoms. The number of hydrogen-bond donors (Lipinski definition) is 0. The van der Waals surface area contributed by atoms with Crippen molar-refractivity contribution < 1.29 is 14.3 Å². The molecule has 8 heteroatoms. The topological polar surface area (TPSA) is 101 Å². The van der Waals surface area contributed by atoms with Gasteiger partial charge in [0.15, 0.2) is 12.4 Å². The number of anilines is 1. The maximum atomic E-state index is 12.7. The van der Waals surface area contributed by atoms with Gasteiger partial charge < -0.3 is 4.74 Å². The molecule has 0 aliphatic heterocycles. The van der Waals surface area contributed by atoms with Crippen LogP contribution in [0, 0.1) is 11.3 Å². The molecule has 0 saturated heterocycles. The summed E-state index contributed by atoms with van der Waals surface area (Å²) in [5.74, 6) is -0.591. The number of para-hydroxylation sites is 1. The van der Waals surface area contributed by atoms with Crippen molar-refractivity contribution in [3.05, 3.63) is 72.2 Å². The van der Waals surface area contributed by atoms with Crippen LogP contribution in [0.15, 0.2) is 60.9 Å². The second kappa shape index (κ2) is 9.47. The Morgan fingerprint density at radius 1 is 1.17 bits per heavy atom. The van der Waals surface area contributed by atoms with Crippen LogP contribution in [-0.4, -0.2) is 39.8 Å². The lowest BCUT2D eigenvalue weighted by atomic mass is 10.1. The van der Waals surface area contributed by atoms with E-state index in [9.17, 15) is 9.59 Å². The van der Waals surface area contributed by atoms with Crippen molar-refractivity contribution in [3.8, 4) is 11.9 Å². The predicted molar refractivity (Wildman–Crippen MR) is 110 cm³/mol. The van der Waals surface area contributed by atoms with Gasteiger partial charge in [0.2, 0.25) is 0 Å². The molecule has 0 atom stereocenters. The molecular formula is C22H21N5O3. The number of carbonyl (C=O) groups excluding carboxylic acids is 2. The molecule has 2 heterocycles. The van der Waals surface area contributed by atoms with E-state index < -0.39 is 18.5 Å². The van der Waals surface area contributed by atoms with Gasteiger partial charge in [0.05, 0.1) is 18.0 Å². The summed E-state index contributed by atoms with van der Waals surface area (Å²) < 4.78 is 6.86. The van der Waals surface area contributed by atoms with Crippen molar-refractivity contribution in [2.24, 2.45) is 0 Å². The Kier molecular flexibility index (Phi) is 6.55. The van der Waals surface area contributed by atoms with Crippen LogP contribution in [-0.2, 0) is 9.53 Å². The van der Waals surface area contributed by atoms with Gasteiger partial charge in [-0.2, -0.15) is 10.4 Å². The normalized spacial score (nSPS) is 10.5. The third kappa shape index (κ3) is 4.52. The zero-order valence-corrected chi connectivity index (χ0v) is 16.7. The van der Waals surface area contributed by atoms with E-state index in [0.717, 1.165) is 0 Å². The van der Waals surface area contributed by atoms with Crippen molar-refractivity contribution >= 4 is 17.6 Å². The number of nitriles is 1. The van der Waals surface area contributed by atoms with Crippen molar-refractivity contribution in [3.63, 3.8) is 0 Å². The number of benzene rings is 1. The third-order valence-corrected chi connectivity index (χ3v) is 4.36. The minimum atomic E-state index is -0.654. The third-order valence-electron chi connectivity index (χ3n) is 4.36. The highest BCUT2D eigenvalue weighted by molar-refractivity contribution is 5.97. The number of pyridine rings is 1. The SMILES string of the molecule is CC(C)c1c(C(=O)OCC(=O)N(CC#N)c2ccccc2)cnn1-c1ccccn1. The average Bonchev–Trinajstić information content (AvgIpc) is 3.22. The number of amides is 1. The van der Waals surface area contributed by atoms with Crippen LogP contribution >= 0.6 is 0 Å². The number of esters is 1. The Morgan fingerprint density at radius 3 is 2.53 bits per heavy atom. The Bertz CT molecular complexity index is 1060. The summed E-state index contributed by atoms with van der Waals surface area (Å²) in [6.45, 7) is 3.24. The quantitative estimate of drug-likeness (QED) is 0.444. The summed E-state index contributed by atoms with van der Waals surface area (Å²) in [6, 6.07) is 16.1. The molecule has 1 amide bonds. The maximum absolute atomic E-state index is 12.7. The van der Waals surface area contributed by atoms with Gasteiger partial charge in [0, 0.05) is 11.9 Å². The molecule has 2 aromatic heterocycles. The van der Waals surface area contributed by atoms with Gasteiger partial charge in [-0.3, -0.25) is 9.69 Å². The first-order chi connectivity index (χ1) is 14.5. The standard InChI is InChI=1S/C22H21N5O3/c1-16(2)21-18(14-25-27(21)19-10-6-7-12-24-19)22(29)30-15-20(28)26(13-11-23)17-8-4-3-5-9-17/h3-10,12,14,16H,13,15H2,1-2H3. The highest BCUT2D eigenvalue weighted by atomic mass is 16.5. The van der Waals surface area contributed by atoms with Crippen LogP contribution in [0.1, 0.15) is 35.8 Å². The van der Waals surface area contributed by atoms with E-state index in [1.54, 1.807) is 47.3 Å². The summed E-state index contributed by atoms with van der Waals surface area (Å²) in [6.07, 6.45) is 3.06.